The molecular formula is C12H20IN3. The molecule has 1 aromatic rings. The minimum Gasteiger partial charge on any atom is -0.397 e. The molecule has 0 aromatic heterocycles. The number of hydrogen-bond acceptors (Lipinski definition) is 3. The third kappa shape index (κ3) is 4.57. The van der Waals surface area contributed by atoms with Gasteiger partial charge in [-0.1, -0.05) is 0 Å². The summed E-state index contributed by atoms with van der Waals surface area (Å²) in [4.78, 5) is 2.19. The second-order valence-corrected chi connectivity index (χ2v) is 5.61. The smallest absolute Gasteiger partial charge is 0.0576 e. The second-order valence-electron chi connectivity index (χ2n) is 4.37. The van der Waals surface area contributed by atoms with Gasteiger partial charge >= 0.3 is 0 Å². The summed E-state index contributed by atoms with van der Waals surface area (Å²) in [6, 6.07) is 6.53. The number of nitrogens with one attached hydrogen (secondary N) is 1. The first-order chi connectivity index (χ1) is 7.49. The Morgan fingerprint density at radius 1 is 1.44 bits per heavy atom. The molecule has 1 atom stereocenters. The number of anilines is 2. The van der Waals surface area contributed by atoms with E-state index in [4.69, 9.17) is 5.73 Å². The number of benzene rings is 1. The van der Waals surface area contributed by atoms with E-state index >= 15 is 0 Å². The lowest BCUT2D eigenvalue weighted by molar-refractivity contribution is 0.390. The highest BCUT2D eigenvalue weighted by molar-refractivity contribution is 14.1. The Balaban J connectivity index is 2.52. The summed E-state index contributed by atoms with van der Waals surface area (Å²) in [6.07, 6.45) is 1.11. The van der Waals surface area contributed by atoms with Gasteiger partial charge in [-0.3, -0.25) is 0 Å². The molecule has 16 heavy (non-hydrogen) atoms. The maximum absolute atomic E-state index is 5.95. The van der Waals surface area contributed by atoms with Gasteiger partial charge in [0.25, 0.3) is 0 Å². The quantitative estimate of drug-likeness (QED) is 0.643. The van der Waals surface area contributed by atoms with Gasteiger partial charge in [0, 0.05) is 9.61 Å². The molecule has 0 saturated heterocycles. The molecule has 0 bridgehead atoms. The van der Waals surface area contributed by atoms with Crippen molar-refractivity contribution in [2.75, 3.05) is 31.7 Å². The SMILES string of the molecule is CC(CCN(C)C)Nc1ccc(I)cc1N. The first-order valence-electron chi connectivity index (χ1n) is 5.45. The van der Waals surface area contributed by atoms with Crippen LogP contribution in [0.5, 0.6) is 0 Å². The normalized spacial score (nSPS) is 12.8. The van der Waals surface area contributed by atoms with Crippen LogP contribution in [0, 0.1) is 3.57 Å². The zero-order chi connectivity index (χ0) is 12.1. The summed E-state index contributed by atoms with van der Waals surface area (Å²) in [7, 11) is 4.18. The molecule has 90 valence electrons. The molecule has 0 heterocycles. The number of nitrogens with zero attached hydrogens (tertiary/aromatic N) is 1. The highest BCUT2D eigenvalue weighted by atomic mass is 127. The monoisotopic (exact) mass is 333 g/mol. The molecule has 1 aromatic carbocycles. The van der Waals surface area contributed by atoms with Crippen LogP contribution in [0.1, 0.15) is 13.3 Å². The topological polar surface area (TPSA) is 41.3 Å². The van der Waals surface area contributed by atoms with Gasteiger partial charge in [0.05, 0.1) is 11.4 Å². The summed E-state index contributed by atoms with van der Waals surface area (Å²) in [5.41, 5.74) is 7.80. The number of halogens is 1. The summed E-state index contributed by atoms with van der Waals surface area (Å²) in [6.45, 7) is 3.26. The van der Waals surface area contributed by atoms with Crippen LogP contribution in [-0.4, -0.2) is 31.6 Å². The Labute approximate surface area is 112 Å². The number of nitrogens with two attached hydrogens (primary N) is 1. The Morgan fingerprint density at radius 3 is 2.69 bits per heavy atom. The van der Waals surface area contributed by atoms with E-state index in [1.807, 2.05) is 12.1 Å². The van der Waals surface area contributed by atoms with Crippen LogP contribution in [-0.2, 0) is 0 Å². The summed E-state index contributed by atoms with van der Waals surface area (Å²) >= 11 is 2.27. The standard InChI is InChI=1S/C12H20IN3/c1-9(6-7-16(2)3)15-12-5-4-10(13)8-11(12)14/h4-5,8-9,15H,6-7,14H2,1-3H3. The first kappa shape index (κ1) is 13.6. The van der Waals surface area contributed by atoms with Crippen LogP contribution >= 0.6 is 22.6 Å². The van der Waals surface area contributed by atoms with Crippen molar-refractivity contribution in [2.24, 2.45) is 0 Å². The molecule has 3 nitrogen and oxygen atoms in total. The van der Waals surface area contributed by atoms with E-state index in [1.165, 1.54) is 3.57 Å². The first-order valence-corrected chi connectivity index (χ1v) is 6.53. The summed E-state index contributed by atoms with van der Waals surface area (Å²) in [5.74, 6) is 0. The van der Waals surface area contributed by atoms with Crippen LogP contribution < -0.4 is 11.1 Å². The van der Waals surface area contributed by atoms with Crippen molar-refractivity contribution in [1.82, 2.24) is 4.90 Å². The van der Waals surface area contributed by atoms with Gasteiger partial charge in [0.2, 0.25) is 0 Å². The zero-order valence-electron chi connectivity index (χ0n) is 10.1. The van der Waals surface area contributed by atoms with Gasteiger partial charge in [0.1, 0.15) is 0 Å². The maximum atomic E-state index is 5.95. The van der Waals surface area contributed by atoms with Crippen molar-refractivity contribution in [1.29, 1.82) is 0 Å². The highest BCUT2D eigenvalue weighted by Crippen LogP contribution is 2.21. The molecule has 0 spiro atoms. The molecule has 0 fully saturated rings. The number of rotatable bonds is 5. The van der Waals surface area contributed by atoms with Crippen molar-refractivity contribution in [3.8, 4) is 0 Å². The Bertz CT molecular complexity index is 339. The van der Waals surface area contributed by atoms with E-state index in [0.29, 0.717) is 6.04 Å². The van der Waals surface area contributed by atoms with Crippen LogP contribution in [0.2, 0.25) is 0 Å². The van der Waals surface area contributed by atoms with Crippen LogP contribution in [0.15, 0.2) is 18.2 Å². The van der Waals surface area contributed by atoms with E-state index < -0.39 is 0 Å². The predicted octanol–water partition coefficient (Wildman–Crippen LogP) is 2.63. The molecule has 1 unspecified atom stereocenters. The van der Waals surface area contributed by atoms with Gasteiger partial charge in [-0.15, -0.1) is 0 Å². The molecule has 0 amide bonds. The molecular weight excluding hydrogens is 313 g/mol. The third-order valence-electron chi connectivity index (χ3n) is 2.42. The van der Waals surface area contributed by atoms with E-state index in [9.17, 15) is 0 Å². The fourth-order valence-corrected chi connectivity index (χ4v) is 1.97. The molecule has 0 aliphatic heterocycles. The van der Waals surface area contributed by atoms with Crippen molar-refractivity contribution < 1.29 is 0 Å². The Morgan fingerprint density at radius 2 is 2.12 bits per heavy atom. The van der Waals surface area contributed by atoms with E-state index in [2.05, 4.69) is 59.9 Å². The van der Waals surface area contributed by atoms with Crippen LogP contribution in [0.3, 0.4) is 0 Å². The van der Waals surface area contributed by atoms with E-state index in [-0.39, 0.29) is 0 Å². The molecule has 0 radical (unpaired) electrons. The second kappa shape index (κ2) is 6.30. The fourth-order valence-electron chi connectivity index (χ4n) is 1.45. The third-order valence-corrected chi connectivity index (χ3v) is 3.10. The maximum Gasteiger partial charge on any atom is 0.0576 e. The molecule has 3 N–H and O–H groups in total. The zero-order valence-corrected chi connectivity index (χ0v) is 12.3. The lowest BCUT2D eigenvalue weighted by atomic mass is 10.2. The molecule has 0 saturated carbocycles. The lowest BCUT2D eigenvalue weighted by Gasteiger charge is -2.19. The molecule has 1 rings (SSSR count). The lowest BCUT2D eigenvalue weighted by Crippen LogP contribution is -2.23. The molecule has 4 heteroatoms. The van der Waals surface area contributed by atoms with Crippen molar-refractivity contribution in [2.45, 2.75) is 19.4 Å². The summed E-state index contributed by atoms with van der Waals surface area (Å²) in [5, 5.41) is 3.44. The minimum absolute atomic E-state index is 0.435. The van der Waals surface area contributed by atoms with E-state index in [0.717, 1.165) is 24.3 Å². The molecule has 0 aliphatic rings. The van der Waals surface area contributed by atoms with Crippen molar-refractivity contribution in [3.05, 3.63) is 21.8 Å². The van der Waals surface area contributed by atoms with Crippen molar-refractivity contribution >= 4 is 34.0 Å². The Kier molecular flexibility index (Phi) is 5.34. The van der Waals surface area contributed by atoms with Gasteiger partial charge in [-0.25, -0.2) is 0 Å². The fraction of sp³-hybridized carbons (Fsp3) is 0.500. The predicted molar refractivity (Wildman–Crippen MR) is 79.8 cm³/mol. The highest BCUT2D eigenvalue weighted by Gasteiger charge is 2.05. The average molecular weight is 333 g/mol. The van der Waals surface area contributed by atoms with Gasteiger partial charge < -0.3 is 16.0 Å². The average Bonchev–Trinajstić information content (AvgIpc) is 2.19. The largest absolute Gasteiger partial charge is 0.397 e. The van der Waals surface area contributed by atoms with Crippen LogP contribution in [0.25, 0.3) is 0 Å². The van der Waals surface area contributed by atoms with Gasteiger partial charge in [0.15, 0.2) is 0 Å². The summed E-state index contributed by atoms with van der Waals surface area (Å²) < 4.78 is 1.17. The Hall–Kier alpha value is -0.490. The van der Waals surface area contributed by atoms with Gasteiger partial charge in [-0.05, 0) is 74.8 Å². The minimum atomic E-state index is 0.435. The molecule has 0 aliphatic carbocycles. The van der Waals surface area contributed by atoms with Gasteiger partial charge in [-0.2, -0.15) is 0 Å². The van der Waals surface area contributed by atoms with E-state index in [1.54, 1.807) is 0 Å². The van der Waals surface area contributed by atoms with Crippen molar-refractivity contribution in [3.63, 3.8) is 0 Å². The number of hydrogen-bond donors (Lipinski definition) is 2. The van der Waals surface area contributed by atoms with Crippen LogP contribution in [0.4, 0.5) is 11.4 Å². The number of nitrogen functional groups attached to an aromatic ring is 1.